The number of carbonyl (C=O) groups excluding carboxylic acids is 1. The highest BCUT2D eigenvalue weighted by Crippen LogP contribution is 2.34. The molecule has 1 amide bonds. The number of hydrogen-bond acceptors (Lipinski definition) is 4. The van der Waals surface area contributed by atoms with Crippen LogP contribution in [-0.2, 0) is 0 Å². The Morgan fingerprint density at radius 1 is 1.38 bits per heavy atom. The molecule has 6 nitrogen and oxygen atoms in total. The second-order valence-corrected chi connectivity index (χ2v) is 10.3. The van der Waals surface area contributed by atoms with Gasteiger partial charge in [-0.1, -0.05) is 31.2 Å². The van der Waals surface area contributed by atoms with Gasteiger partial charge in [0.15, 0.2) is 11.5 Å². The summed E-state index contributed by atoms with van der Waals surface area (Å²) in [7, 11) is 0. The van der Waals surface area contributed by atoms with Gasteiger partial charge in [0.1, 0.15) is 4.60 Å². The third-order valence-electron chi connectivity index (χ3n) is 6.74. The van der Waals surface area contributed by atoms with E-state index < -0.39 is 0 Å². The van der Waals surface area contributed by atoms with Crippen molar-refractivity contribution in [1.82, 2.24) is 19.7 Å². The molecule has 0 saturated heterocycles. The van der Waals surface area contributed by atoms with Crippen LogP contribution in [0, 0.1) is 12.3 Å². The average molecular weight is 522 g/mol. The van der Waals surface area contributed by atoms with E-state index in [-0.39, 0.29) is 11.3 Å². The van der Waals surface area contributed by atoms with E-state index in [1.165, 1.54) is 0 Å². The van der Waals surface area contributed by atoms with Gasteiger partial charge in [0, 0.05) is 29.9 Å². The number of anilines is 1. The first-order chi connectivity index (χ1) is 16.2. The molecule has 2 heterocycles. The minimum Gasteiger partial charge on any atom is -0.367 e. The van der Waals surface area contributed by atoms with Crippen LogP contribution in [0.5, 0.6) is 0 Å². The Morgan fingerprint density at radius 2 is 2.15 bits per heavy atom. The summed E-state index contributed by atoms with van der Waals surface area (Å²) < 4.78 is 2.74. The van der Waals surface area contributed by atoms with Gasteiger partial charge in [0.05, 0.1) is 11.9 Å². The Kier molecular flexibility index (Phi) is 6.94. The maximum Gasteiger partial charge on any atom is 0.251 e. The van der Waals surface area contributed by atoms with Crippen LogP contribution in [0.4, 0.5) is 5.82 Å². The fourth-order valence-electron chi connectivity index (χ4n) is 4.12. The molecule has 34 heavy (non-hydrogen) atoms. The molecular weight excluding hydrogens is 490 g/mol. The Labute approximate surface area is 209 Å². The van der Waals surface area contributed by atoms with Crippen LogP contribution in [0.3, 0.4) is 0 Å². The molecule has 1 saturated carbocycles. The molecule has 0 spiro atoms. The smallest absolute Gasteiger partial charge is 0.251 e. The number of hydrogen-bond donors (Lipinski definition) is 2. The minimum atomic E-state index is -0.0112. The lowest BCUT2D eigenvalue weighted by molar-refractivity contribution is 0.0950. The lowest BCUT2D eigenvalue weighted by atomic mass is 9.77. The first-order valence-electron chi connectivity index (χ1n) is 11.7. The number of aromatic nitrogens is 3. The third-order valence-corrected chi connectivity index (χ3v) is 7.12. The molecule has 1 atom stereocenters. The second kappa shape index (κ2) is 9.74. The molecule has 7 heteroatoms. The van der Waals surface area contributed by atoms with Crippen LogP contribution < -0.4 is 10.6 Å². The van der Waals surface area contributed by atoms with Crippen molar-refractivity contribution >= 4 is 33.3 Å². The monoisotopic (exact) mass is 521 g/mol. The Balaban J connectivity index is 1.58. The van der Waals surface area contributed by atoms with Crippen LogP contribution in [0.15, 0.2) is 60.0 Å². The Hall–Kier alpha value is -2.93. The van der Waals surface area contributed by atoms with E-state index in [1.807, 2.05) is 48.0 Å². The van der Waals surface area contributed by atoms with Crippen LogP contribution in [0.1, 0.15) is 55.5 Å². The highest BCUT2D eigenvalue weighted by atomic mass is 79.9. The van der Waals surface area contributed by atoms with Gasteiger partial charge >= 0.3 is 0 Å². The van der Waals surface area contributed by atoms with Crippen LogP contribution >= 0.6 is 15.9 Å². The molecule has 2 N–H and O–H groups in total. The van der Waals surface area contributed by atoms with Crippen molar-refractivity contribution in [3.8, 4) is 11.3 Å². The van der Waals surface area contributed by atoms with E-state index in [4.69, 9.17) is 0 Å². The number of aryl methyl sites for hydroxylation is 1. The van der Waals surface area contributed by atoms with E-state index in [0.717, 1.165) is 71.7 Å². The molecule has 178 valence electrons. The maximum atomic E-state index is 12.5. The number of amides is 1. The summed E-state index contributed by atoms with van der Waals surface area (Å²) in [5.74, 6) is 0.724. The predicted octanol–water partition coefficient (Wildman–Crippen LogP) is 6.32. The number of nitrogens with zero attached hydrogens (tertiary/aromatic N) is 3. The van der Waals surface area contributed by atoms with Gasteiger partial charge in [0.2, 0.25) is 0 Å². The first kappa shape index (κ1) is 24.2. The number of allylic oxidation sites excluding steroid dienone is 2. The summed E-state index contributed by atoms with van der Waals surface area (Å²) in [6.45, 7) is 15.1. The number of nitrogens with one attached hydrogen (secondary N) is 2. The molecule has 0 radical (unpaired) electrons. The number of rotatable bonds is 10. The molecule has 0 aliphatic heterocycles. The minimum absolute atomic E-state index is 0.00124. The van der Waals surface area contributed by atoms with E-state index in [9.17, 15) is 4.79 Å². The largest absolute Gasteiger partial charge is 0.367 e. The van der Waals surface area contributed by atoms with Gasteiger partial charge in [0.25, 0.3) is 5.91 Å². The fourth-order valence-corrected chi connectivity index (χ4v) is 4.51. The van der Waals surface area contributed by atoms with Gasteiger partial charge in [-0.2, -0.15) is 0 Å². The third kappa shape index (κ3) is 5.09. The fraction of sp³-hybridized carbons (Fsp3) is 0.370. The van der Waals surface area contributed by atoms with Gasteiger partial charge in [-0.15, -0.1) is 6.58 Å². The van der Waals surface area contributed by atoms with Crippen molar-refractivity contribution in [3.05, 3.63) is 71.1 Å². The Morgan fingerprint density at radius 3 is 2.79 bits per heavy atom. The molecule has 4 rings (SSSR count). The SMILES string of the molecule is C=CCC(C)(CCNc1nc(Br)cn2c(-c3ccc(C(=O)NC4CC4)c(C)c3)cnc12)C(=C)C. The van der Waals surface area contributed by atoms with Crippen molar-refractivity contribution in [1.29, 1.82) is 0 Å². The lowest BCUT2D eigenvalue weighted by Crippen LogP contribution is -2.26. The average Bonchev–Trinajstić information content (AvgIpc) is 3.49. The highest BCUT2D eigenvalue weighted by molar-refractivity contribution is 9.10. The van der Waals surface area contributed by atoms with Gasteiger partial charge < -0.3 is 10.6 Å². The topological polar surface area (TPSA) is 71.3 Å². The van der Waals surface area contributed by atoms with Crippen LogP contribution in [-0.4, -0.2) is 32.9 Å². The summed E-state index contributed by atoms with van der Waals surface area (Å²) >= 11 is 3.55. The lowest BCUT2D eigenvalue weighted by Gasteiger charge is -2.29. The molecule has 0 bridgehead atoms. The molecule has 3 aromatic rings. The van der Waals surface area contributed by atoms with Gasteiger partial charge in [-0.3, -0.25) is 9.20 Å². The quantitative estimate of drug-likeness (QED) is 0.306. The molecule has 1 aromatic carbocycles. The van der Waals surface area contributed by atoms with Crippen molar-refractivity contribution < 1.29 is 4.79 Å². The number of benzene rings is 1. The predicted molar refractivity (Wildman–Crippen MR) is 142 cm³/mol. The molecule has 1 aliphatic carbocycles. The summed E-state index contributed by atoms with van der Waals surface area (Å²) in [6, 6.07) is 6.26. The molecule has 1 fully saturated rings. The standard InChI is InChI=1S/C27H32BrN5O/c1-6-11-27(5,17(2)3)12-13-29-24-25-30-15-22(33(25)16-23(28)32-24)19-7-10-21(18(4)14-19)26(34)31-20-8-9-20/h6-7,10,14-16,20H,1-2,8-9,11-13H2,3-5H3,(H,29,32)(H,31,34). The molecular formula is C27H32BrN5O. The van der Waals surface area contributed by atoms with Crippen molar-refractivity contribution in [3.63, 3.8) is 0 Å². The first-order valence-corrected chi connectivity index (χ1v) is 12.5. The van der Waals surface area contributed by atoms with E-state index in [2.05, 4.69) is 63.5 Å². The zero-order valence-electron chi connectivity index (χ0n) is 20.1. The van der Waals surface area contributed by atoms with E-state index >= 15 is 0 Å². The summed E-state index contributed by atoms with van der Waals surface area (Å²) in [4.78, 5) is 21.8. The summed E-state index contributed by atoms with van der Waals surface area (Å²) in [5.41, 5.74) is 5.49. The number of halogens is 1. The maximum absolute atomic E-state index is 12.5. The molecule has 1 unspecified atom stereocenters. The van der Waals surface area contributed by atoms with Crippen molar-refractivity contribution in [2.45, 2.75) is 52.5 Å². The summed E-state index contributed by atoms with van der Waals surface area (Å²) in [5, 5.41) is 6.53. The van der Waals surface area contributed by atoms with Crippen molar-refractivity contribution in [2.75, 3.05) is 11.9 Å². The van der Waals surface area contributed by atoms with E-state index in [1.54, 1.807) is 0 Å². The van der Waals surface area contributed by atoms with Crippen LogP contribution in [0.25, 0.3) is 16.9 Å². The zero-order valence-corrected chi connectivity index (χ0v) is 21.7. The van der Waals surface area contributed by atoms with Gasteiger partial charge in [-0.05, 0) is 78.6 Å². The molecule has 1 aliphatic rings. The second-order valence-electron chi connectivity index (χ2n) is 9.54. The Bertz CT molecular complexity index is 1260. The summed E-state index contributed by atoms with van der Waals surface area (Å²) in [6.07, 6.45) is 9.66. The molecule has 2 aromatic heterocycles. The number of carbonyl (C=O) groups is 1. The zero-order chi connectivity index (χ0) is 24.5. The van der Waals surface area contributed by atoms with E-state index in [0.29, 0.717) is 10.6 Å². The normalized spacial score (nSPS) is 15.1. The van der Waals surface area contributed by atoms with Gasteiger partial charge in [-0.25, -0.2) is 9.97 Å². The van der Waals surface area contributed by atoms with Crippen LogP contribution in [0.2, 0.25) is 0 Å². The number of fused-ring (bicyclic) bond motifs is 1. The number of imidazole rings is 1. The van der Waals surface area contributed by atoms with Crippen molar-refractivity contribution in [2.24, 2.45) is 5.41 Å². The highest BCUT2D eigenvalue weighted by Gasteiger charge is 2.25.